The highest BCUT2D eigenvalue weighted by Crippen LogP contribution is 2.65. The normalized spacial score (nSPS) is 52.7. The van der Waals surface area contributed by atoms with Crippen LogP contribution >= 0.6 is 0 Å². The van der Waals surface area contributed by atoms with Crippen LogP contribution in [0.3, 0.4) is 0 Å². The molecule has 0 aromatic carbocycles. The summed E-state index contributed by atoms with van der Waals surface area (Å²) < 4.78 is 39.5. The Morgan fingerprint density at radius 3 is 2.27 bits per heavy atom. The Bertz CT molecular complexity index is 546. The van der Waals surface area contributed by atoms with Crippen LogP contribution in [0.5, 0.6) is 0 Å². The largest absolute Gasteiger partial charge is 0.414 e. The molecule has 2 N–H and O–H groups in total. The van der Waals surface area contributed by atoms with E-state index in [0.717, 1.165) is 51.4 Å². The molecule has 0 amide bonds. The SMILES string of the molecule is C[C@@]1(O)CCC2[C@H](CCC3[C@@H]2CC[C@]2(C)[C@@H](C(O)C(F)(F)F)CC[C@@H]32)C1. The molecule has 0 aromatic rings. The maximum Gasteiger partial charge on any atom is 0.414 e. The van der Waals surface area contributed by atoms with Crippen LogP contribution < -0.4 is 0 Å². The molecule has 2 nitrogen and oxygen atoms in total. The number of hydrogen-bond acceptors (Lipinski definition) is 2. The van der Waals surface area contributed by atoms with E-state index in [0.29, 0.717) is 36.0 Å². The monoisotopic (exact) mass is 374 g/mol. The predicted octanol–water partition coefficient (Wildman–Crippen LogP) is 4.93. The molecule has 0 aromatic heterocycles. The summed E-state index contributed by atoms with van der Waals surface area (Å²) in [6, 6.07) is 0. The van der Waals surface area contributed by atoms with Gasteiger partial charge in [-0.3, -0.25) is 0 Å². The van der Waals surface area contributed by atoms with Crippen LogP contribution in [0.25, 0.3) is 0 Å². The van der Waals surface area contributed by atoms with Crippen LogP contribution in [0, 0.1) is 40.9 Å². The molecular formula is C21H33F3O2. The molecule has 0 saturated heterocycles. The first kappa shape index (κ1) is 19.0. The molecular weight excluding hydrogens is 341 g/mol. The third-order valence-electron chi connectivity index (χ3n) is 9.03. The summed E-state index contributed by atoms with van der Waals surface area (Å²) in [5.74, 6) is 2.05. The van der Waals surface area contributed by atoms with E-state index in [2.05, 4.69) is 0 Å². The van der Waals surface area contributed by atoms with Crippen molar-refractivity contribution in [1.82, 2.24) is 0 Å². The topological polar surface area (TPSA) is 40.5 Å². The van der Waals surface area contributed by atoms with Gasteiger partial charge in [0.2, 0.25) is 0 Å². The minimum atomic E-state index is -4.51. The maximum atomic E-state index is 13.2. The van der Waals surface area contributed by atoms with Gasteiger partial charge in [-0.05, 0) is 106 Å². The molecule has 0 heterocycles. The van der Waals surface area contributed by atoms with Crippen LogP contribution in [0.4, 0.5) is 13.2 Å². The lowest BCUT2D eigenvalue weighted by atomic mass is 9.49. The van der Waals surface area contributed by atoms with E-state index in [1.165, 1.54) is 0 Å². The Balaban J connectivity index is 1.53. The summed E-state index contributed by atoms with van der Waals surface area (Å²) in [5.41, 5.74) is -0.907. The third kappa shape index (κ3) is 2.92. The van der Waals surface area contributed by atoms with E-state index in [4.69, 9.17) is 0 Å². The molecule has 0 aliphatic heterocycles. The van der Waals surface area contributed by atoms with Gasteiger partial charge in [-0.25, -0.2) is 0 Å². The van der Waals surface area contributed by atoms with Gasteiger partial charge in [-0.2, -0.15) is 13.2 Å². The molecule has 5 heteroatoms. The Morgan fingerprint density at radius 1 is 0.885 bits per heavy atom. The van der Waals surface area contributed by atoms with E-state index in [9.17, 15) is 23.4 Å². The van der Waals surface area contributed by atoms with Crippen molar-refractivity contribution in [2.45, 2.75) is 89.5 Å². The molecule has 3 unspecified atom stereocenters. The van der Waals surface area contributed by atoms with Gasteiger partial charge in [0, 0.05) is 0 Å². The van der Waals surface area contributed by atoms with Crippen LogP contribution in [0.2, 0.25) is 0 Å². The molecule has 26 heavy (non-hydrogen) atoms. The summed E-state index contributed by atoms with van der Waals surface area (Å²) in [6.07, 6.45) is 1.50. The van der Waals surface area contributed by atoms with Crippen LogP contribution in [-0.2, 0) is 0 Å². The van der Waals surface area contributed by atoms with Gasteiger partial charge < -0.3 is 10.2 Å². The van der Waals surface area contributed by atoms with Crippen LogP contribution in [-0.4, -0.2) is 28.1 Å². The number of rotatable bonds is 1. The van der Waals surface area contributed by atoms with Gasteiger partial charge in [0.15, 0.2) is 6.10 Å². The van der Waals surface area contributed by atoms with Crippen molar-refractivity contribution in [3.63, 3.8) is 0 Å². The van der Waals surface area contributed by atoms with Crippen molar-refractivity contribution < 1.29 is 23.4 Å². The summed E-state index contributed by atoms with van der Waals surface area (Å²) in [7, 11) is 0. The van der Waals surface area contributed by atoms with E-state index >= 15 is 0 Å². The number of hydrogen-bond donors (Lipinski definition) is 2. The first-order valence-corrected chi connectivity index (χ1v) is 10.5. The van der Waals surface area contributed by atoms with Crippen LogP contribution in [0.15, 0.2) is 0 Å². The van der Waals surface area contributed by atoms with E-state index in [1.807, 2.05) is 13.8 Å². The highest BCUT2D eigenvalue weighted by molar-refractivity contribution is 5.08. The zero-order chi connectivity index (χ0) is 18.9. The zero-order valence-electron chi connectivity index (χ0n) is 15.9. The van der Waals surface area contributed by atoms with Gasteiger partial charge in [0.05, 0.1) is 5.60 Å². The lowest BCUT2D eigenvalue weighted by Crippen LogP contribution is -2.52. The van der Waals surface area contributed by atoms with Gasteiger partial charge in [-0.15, -0.1) is 0 Å². The molecule has 4 aliphatic rings. The van der Waals surface area contributed by atoms with E-state index in [-0.39, 0.29) is 5.41 Å². The average molecular weight is 374 g/mol. The quantitative estimate of drug-likeness (QED) is 0.683. The predicted molar refractivity (Wildman–Crippen MR) is 93.3 cm³/mol. The lowest BCUT2D eigenvalue weighted by Gasteiger charge is -2.57. The second kappa shape index (κ2) is 6.10. The molecule has 0 bridgehead atoms. The number of halogens is 3. The molecule has 0 radical (unpaired) electrons. The summed E-state index contributed by atoms with van der Waals surface area (Å²) in [6.45, 7) is 3.98. The fourth-order valence-corrected chi connectivity index (χ4v) is 7.87. The van der Waals surface area contributed by atoms with Crippen molar-refractivity contribution in [1.29, 1.82) is 0 Å². The van der Waals surface area contributed by atoms with Gasteiger partial charge in [0.25, 0.3) is 0 Å². The molecule has 150 valence electrons. The van der Waals surface area contributed by atoms with E-state index < -0.39 is 23.8 Å². The van der Waals surface area contributed by atoms with Crippen molar-refractivity contribution >= 4 is 0 Å². The van der Waals surface area contributed by atoms with Gasteiger partial charge >= 0.3 is 6.18 Å². The highest BCUT2D eigenvalue weighted by Gasteiger charge is 2.61. The standard InChI is InChI=1S/C21H33F3O2/c1-19(26)9-7-13-12(11-19)3-4-15-14(13)8-10-20(2)16(15)5-6-17(20)18(25)21(22,23)24/h12-18,25-26H,3-11H2,1-2H3/t12-,13?,14-,15?,16+,17-,18?,19-,20+/m1/s1. The van der Waals surface area contributed by atoms with E-state index in [1.54, 1.807) is 0 Å². The summed E-state index contributed by atoms with van der Waals surface area (Å²) in [4.78, 5) is 0. The minimum absolute atomic E-state index is 0.326. The van der Waals surface area contributed by atoms with Crippen molar-refractivity contribution in [2.24, 2.45) is 40.9 Å². The fraction of sp³-hybridized carbons (Fsp3) is 1.00. The number of aliphatic hydroxyl groups excluding tert-OH is 1. The Morgan fingerprint density at radius 2 is 1.58 bits per heavy atom. The Kier molecular flexibility index (Phi) is 4.47. The third-order valence-corrected chi connectivity index (χ3v) is 9.03. The Hall–Kier alpha value is -0.290. The van der Waals surface area contributed by atoms with Gasteiger partial charge in [-0.1, -0.05) is 6.92 Å². The van der Waals surface area contributed by atoms with Gasteiger partial charge in [0.1, 0.15) is 0 Å². The molecule has 0 spiro atoms. The highest BCUT2D eigenvalue weighted by atomic mass is 19.4. The smallest absolute Gasteiger partial charge is 0.390 e. The zero-order valence-corrected chi connectivity index (χ0v) is 15.9. The molecule has 4 aliphatic carbocycles. The number of alkyl halides is 3. The van der Waals surface area contributed by atoms with Crippen molar-refractivity contribution in [3.8, 4) is 0 Å². The molecule has 9 atom stereocenters. The van der Waals surface area contributed by atoms with Crippen molar-refractivity contribution in [2.75, 3.05) is 0 Å². The summed E-state index contributed by atoms with van der Waals surface area (Å²) in [5, 5.41) is 20.4. The first-order valence-electron chi connectivity index (χ1n) is 10.5. The Labute approximate surface area is 154 Å². The minimum Gasteiger partial charge on any atom is -0.390 e. The lowest BCUT2D eigenvalue weighted by molar-refractivity contribution is -0.233. The second-order valence-corrected chi connectivity index (χ2v) is 10.4. The summed E-state index contributed by atoms with van der Waals surface area (Å²) >= 11 is 0. The number of aliphatic hydroxyl groups is 2. The van der Waals surface area contributed by atoms with Crippen molar-refractivity contribution in [3.05, 3.63) is 0 Å². The molecule has 4 rings (SSSR count). The number of fused-ring (bicyclic) bond motifs is 5. The average Bonchev–Trinajstić information content (AvgIpc) is 2.89. The molecule has 4 fully saturated rings. The fourth-order valence-electron chi connectivity index (χ4n) is 7.87. The first-order chi connectivity index (χ1) is 12.0. The molecule has 4 saturated carbocycles. The second-order valence-electron chi connectivity index (χ2n) is 10.4. The van der Waals surface area contributed by atoms with Crippen LogP contribution in [0.1, 0.15) is 71.6 Å². The maximum absolute atomic E-state index is 13.2.